The maximum Gasteiger partial charge on any atom is 0.257 e. The molecule has 0 spiro atoms. The lowest BCUT2D eigenvalue weighted by atomic mass is 9.69. The predicted octanol–water partition coefficient (Wildman–Crippen LogP) is 3.16. The fourth-order valence-electron chi connectivity index (χ4n) is 5.53. The Labute approximate surface area is 163 Å². The SMILES string of the molecule is CCC(C(C)C)N1CC2C(C1)C2NC(=O)C(O)(c1ccccc1)C1CCC1. The van der Waals surface area contributed by atoms with Gasteiger partial charge in [0.15, 0.2) is 5.60 Å². The van der Waals surface area contributed by atoms with Gasteiger partial charge >= 0.3 is 0 Å². The minimum atomic E-state index is -1.38. The summed E-state index contributed by atoms with van der Waals surface area (Å²) in [5, 5.41) is 14.7. The molecule has 1 aromatic rings. The van der Waals surface area contributed by atoms with Crippen LogP contribution in [0.15, 0.2) is 30.3 Å². The predicted molar refractivity (Wildman–Crippen MR) is 107 cm³/mol. The molecule has 0 aromatic heterocycles. The Bertz CT molecular complexity index is 660. The largest absolute Gasteiger partial charge is 0.375 e. The highest BCUT2D eigenvalue weighted by Crippen LogP contribution is 2.48. The van der Waals surface area contributed by atoms with Crippen LogP contribution in [-0.4, -0.2) is 41.1 Å². The Hall–Kier alpha value is -1.39. The molecule has 3 fully saturated rings. The van der Waals surface area contributed by atoms with Gasteiger partial charge in [0, 0.05) is 31.1 Å². The average molecular weight is 371 g/mol. The first-order valence-corrected chi connectivity index (χ1v) is 10.8. The minimum absolute atomic E-state index is 0.0420. The molecule has 1 aliphatic heterocycles. The first-order valence-electron chi connectivity index (χ1n) is 10.8. The molecule has 2 N–H and O–H groups in total. The lowest BCUT2D eigenvalue weighted by molar-refractivity contribution is -0.152. The second-order valence-corrected chi connectivity index (χ2v) is 9.26. The molecule has 2 aliphatic carbocycles. The topological polar surface area (TPSA) is 52.6 Å². The number of benzene rings is 1. The van der Waals surface area contributed by atoms with Crippen LogP contribution < -0.4 is 5.32 Å². The lowest BCUT2D eigenvalue weighted by Crippen LogP contribution is -2.53. The number of carbonyl (C=O) groups excluding carboxylic acids is 1. The molecule has 2 saturated carbocycles. The molecule has 4 heteroatoms. The van der Waals surface area contributed by atoms with Gasteiger partial charge in [0.25, 0.3) is 5.91 Å². The number of hydrogen-bond donors (Lipinski definition) is 2. The van der Waals surface area contributed by atoms with Crippen LogP contribution in [0.25, 0.3) is 0 Å². The number of rotatable bonds is 7. The lowest BCUT2D eigenvalue weighted by Gasteiger charge is -2.40. The summed E-state index contributed by atoms with van der Waals surface area (Å²) in [6.45, 7) is 9.04. The van der Waals surface area contributed by atoms with Gasteiger partial charge in [0.05, 0.1) is 0 Å². The highest BCUT2D eigenvalue weighted by atomic mass is 16.3. The summed E-state index contributed by atoms with van der Waals surface area (Å²) < 4.78 is 0. The van der Waals surface area contributed by atoms with E-state index in [1.54, 1.807) is 0 Å². The van der Waals surface area contributed by atoms with Crippen LogP contribution in [-0.2, 0) is 10.4 Å². The van der Waals surface area contributed by atoms with Gasteiger partial charge in [-0.25, -0.2) is 0 Å². The fraction of sp³-hybridized carbons (Fsp3) is 0.696. The highest BCUT2D eigenvalue weighted by molar-refractivity contribution is 5.87. The minimum Gasteiger partial charge on any atom is -0.375 e. The van der Waals surface area contributed by atoms with Crippen molar-refractivity contribution in [3.05, 3.63) is 35.9 Å². The molecule has 4 unspecified atom stereocenters. The van der Waals surface area contributed by atoms with E-state index in [1.165, 1.54) is 6.42 Å². The van der Waals surface area contributed by atoms with Gasteiger partial charge in [-0.15, -0.1) is 0 Å². The van der Waals surface area contributed by atoms with Gasteiger partial charge in [-0.2, -0.15) is 0 Å². The van der Waals surface area contributed by atoms with Crippen LogP contribution in [0.1, 0.15) is 52.0 Å². The van der Waals surface area contributed by atoms with Crippen LogP contribution in [0.3, 0.4) is 0 Å². The first-order chi connectivity index (χ1) is 13.0. The summed E-state index contributed by atoms with van der Waals surface area (Å²) >= 11 is 0. The number of amides is 1. The van der Waals surface area contributed by atoms with Gasteiger partial charge in [-0.05, 0) is 42.6 Å². The van der Waals surface area contributed by atoms with Gasteiger partial charge in [0.1, 0.15) is 0 Å². The van der Waals surface area contributed by atoms with Crippen molar-refractivity contribution in [2.24, 2.45) is 23.7 Å². The van der Waals surface area contributed by atoms with E-state index in [0.717, 1.165) is 37.9 Å². The average Bonchev–Trinajstić information content (AvgIpc) is 3.04. The number of piperidine rings is 1. The van der Waals surface area contributed by atoms with E-state index >= 15 is 0 Å². The van der Waals surface area contributed by atoms with Crippen molar-refractivity contribution in [2.75, 3.05) is 13.1 Å². The van der Waals surface area contributed by atoms with Crippen molar-refractivity contribution >= 4 is 5.91 Å². The summed E-state index contributed by atoms with van der Waals surface area (Å²) in [6, 6.07) is 10.4. The third-order valence-electron chi connectivity index (χ3n) is 7.43. The Morgan fingerprint density at radius 3 is 2.33 bits per heavy atom. The molecule has 4 rings (SSSR count). The van der Waals surface area contributed by atoms with Crippen molar-refractivity contribution in [2.45, 2.75) is 64.1 Å². The molecule has 4 nitrogen and oxygen atoms in total. The van der Waals surface area contributed by atoms with Crippen LogP contribution in [0.5, 0.6) is 0 Å². The normalized spacial score (nSPS) is 31.1. The second kappa shape index (κ2) is 7.21. The van der Waals surface area contributed by atoms with Crippen molar-refractivity contribution in [1.29, 1.82) is 0 Å². The third kappa shape index (κ3) is 3.21. The van der Waals surface area contributed by atoms with Crippen LogP contribution in [0.4, 0.5) is 0 Å². The molecule has 0 radical (unpaired) electrons. The van der Waals surface area contributed by atoms with E-state index in [0.29, 0.717) is 23.8 Å². The molecule has 3 aliphatic rings. The number of fused-ring (bicyclic) bond motifs is 1. The van der Waals surface area contributed by atoms with Gasteiger partial charge < -0.3 is 10.4 Å². The van der Waals surface area contributed by atoms with Gasteiger partial charge in [-0.1, -0.05) is 57.5 Å². The number of hydrogen-bond acceptors (Lipinski definition) is 3. The zero-order chi connectivity index (χ0) is 19.2. The number of nitrogens with one attached hydrogen (secondary N) is 1. The van der Waals surface area contributed by atoms with E-state index in [2.05, 4.69) is 31.0 Å². The summed E-state index contributed by atoms with van der Waals surface area (Å²) in [6.07, 6.45) is 4.14. The fourth-order valence-corrected chi connectivity index (χ4v) is 5.53. The number of likely N-dealkylation sites (tertiary alicyclic amines) is 1. The molecule has 1 saturated heterocycles. The zero-order valence-corrected chi connectivity index (χ0v) is 16.9. The highest BCUT2D eigenvalue weighted by Gasteiger charge is 2.59. The van der Waals surface area contributed by atoms with Gasteiger partial charge in [0.2, 0.25) is 0 Å². The second-order valence-electron chi connectivity index (χ2n) is 9.26. The summed E-state index contributed by atoms with van der Waals surface area (Å²) in [5.74, 6) is 1.65. The molecule has 0 bridgehead atoms. The Morgan fingerprint density at radius 1 is 1.22 bits per heavy atom. The molecule has 27 heavy (non-hydrogen) atoms. The Morgan fingerprint density at radius 2 is 1.85 bits per heavy atom. The van der Waals surface area contributed by atoms with Crippen molar-refractivity contribution < 1.29 is 9.90 Å². The molecular weight excluding hydrogens is 336 g/mol. The molecule has 148 valence electrons. The molecule has 1 heterocycles. The molecule has 1 amide bonds. The first kappa shape index (κ1) is 18.9. The Balaban J connectivity index is 1.41. The van der Waals surface area contributed by atoms with Crippen molar-refractivity contribution in [3.63, 3.8) is 0 Å². The van der Waals surface area contributed by atoms with E-state index < -0.39 is 5.60 Å². The van der Waals surface area contributed by atoms with E-state index in [4.69, 9.17) is 0 Å². The van der Waals surface area contributed by atoms with Gasteiger partial charge in [-0.3, -0.25) is 9.69 Å². The maximum atomic E-state index is 13.2. The maximum absolute atomic E-state index is 13.2. The zero-order valence-electron chi connectivity index (χ0n) is 16.9. The smallest absolute Gasteiger partial charge is 0.257 e. The molecule has 4 atom stereocenters. The summed E-state index contributed by atoms with van der Waals surface area (Å²) in [4.78, 5) is 15.8. The third-order valence-corrected chi connectivity index (χ3v) is 7.43. The van der Waals surface area contributed by atoms with Crippen LogP contribution >= 0.6 is 0 Å². The van der Waals surface area contributed by atoms with E-state index in [9.17, 15) is 9.90 Å². The van der Waals surface area contributed by atoms with Crippen LogP contribution in [0.2, 0.25) is 0 Å². The van der Waals surface area contributed by atoms with Crippen molar-refractivity contribution in [3.8, 4) is 0 Å². The number of carbonyl (C=O) groups is 1. The number of nitrogens with zero attached hydrogens (tertiary/aromatic N) is 1. The summed E-state index contributed by atoms with van der Waals surface area (Å²) in [5.41, 5.74) is -0.634. The van der Waals surface area contributed by atoms with Crippen molar-refractivity contribution in [1.82, 2.24) is 10.2 Å². The monoisotopic (exact) mass is 370 g/mol. The molecular formula is C23H34N2O2. The number of aliphatic hydroxyl groups is 1. The quantitative estimate of drug-likeness (QED) is 0.775. The summed E-state index contributed by atoms with van der Waals surface area (Å²) in [7, 11) is 0. The van der Waals surface area contributed by atoms with E-state index in [1.807, 2.05) is 30.3 Å². The Kier molecular flexibility index (Phi) is 5.06. The van der Waals surface area contributed by atoms with E-state index in [-0.39, 0.29) is 17.9 Å². The molecule has 1 aromatic carbocycles. The standard InChI is InChI=1S/C23H34N2O2/c1-4-20(15(2)3)25-13-18-19(14-25)21(18)24-22(26)23(27,17-11-8-12-17)16-9-6-5-7-10-16/h5-7,9-10,15,17-21,27H,4,8,11-14H2,1-3H3,(H,24,26). The van der Waals surface area contributed by atoms with Crippen LogP contribution in [0, 0.1) is 23.7 Å².